The molecule has 2 rings (SSSR count). The normalized spacial score (nSPS) is 26.3. The minimum Gasteiger partial charge on any atom is -0.296 e. The van der Waals surface area contributed by atoms with Crippen LogP contribution in [0.4, 0.5) is 0 Å². The minimum absolute atomic E-state index is 0.752. The summed E-state index contributed by atoms with van der Waals surface area (Å²) in [6.45, 7) is 1.01. The zero-order valence-corrected chi connectivity index (χ0v) is 11.0. The molecule has 1 aromatic heterocycles. The van der Waals surface area contributed by atoms with E-state index in [1.807, 2.05) is 17.3 Å². The van der Waals surface area contributed by atoms with Crippen LogP contribution in [0.3, 0.4) is 0 Å². The van der Waals surface area contributed by atoms with Crippen LogP contribution in [-0.4, -0.2) is 34.5 Å². The van der Waals surface area contributed by atoms with Gasteiger partial charge in [0.25, 0.3) is 0 Å². The summed E-state index contributed by atoms with van der Waals surface area (Å²) in [7, 11) is 2.23. The van der Waals surface area contributed by atoms with Crippen LogP contribution in [0.5, 0.6) is 0 Å². The lowest BCUT2D eigenvalue weighted by atomic mass is 10.2. The summed E-state index contributed by atoms with van der Waals surface area (Å²) >= 11 is 3.71. The predicted molar refractivity (Wildman–Crippen MR) is 68.5 cm³/mol. The van der Waals surface area contributed by atoms with Gasteiger partial charge in [0.1, 0.15) is 0 Å². The molecule has 1 aromatic rings. The van der Waals surface area contributed by atoms with Gasteiger partial charge in [0, 0.05) is 23.2 Å². The van der Waals surface area contributed by atoms with Gasteiger partial charge < -0.3 is 0 Å². The highest BCUT2D eigenvalue weighted by Gasteiger charge is 2.29. The standard InChI is InChI=1S/C11H18N2S2/c1-13(6-9-7-15-8-12-9)10-4-3-5-11(10)14-2/h7-8,10-11H,3-6H2,1-2H3. The van der Waals surface area contributed by atoms with Gasteiger partial charge in [-0.2, -0.15) is 11.8 Å². The van der Waals surface area contributed by atoms with Crippen LogP contribution in [0.2, 0.25) is 0 Å². The quantitative estimate of drug-likeness (QED) is 0.807. The first-order chi connectivity index (χ1) is 7.31. The van der Waals surface area contributed by atoms with E-state index in [0.29, 0.717) is 0 Å². The SMILES string of the molecule is CSC1CCCC1N(C)Cc1cscn1. The molecule has 0 bridgehead atoms. The highest BCUT2D eigenvalue weighted by Crippen LogP contribution is 2.32. The average Bonchev–Trinajstić information content (AvgIpc) is 2.86. The lowest BCUT2D eigenvalue weighted by Crippen LogP contribution is -2.35. The van der Waals surface area contributed by atoms with E-state index < -0.39 is 0 Å². The molecule has 15 heavy (non-hydrogen) atoms. The van der Waals surface area contributed by atoms with Crippen LogP contribution in [0.25, 0.3) is 0 Å². The summed E-state index contributed by atoms with van der Waals surface area (Å²) in [4.78, 5) is 6.82. The Morgan fingerprint density at radius 1 is 1.60 bits per heavy atom. The molecule has 0 radical (unpaired) electrons. The molecule has 0 saturated heterocycles. The Hall–Kier alpha value is -0.0600. The van der Waals surface area contributed by atoms with Gasteiger partial charge in [-0.25, -0.2) is 4.98 Å². The number of hydrogen-bond donors (Lipinski definition) is 0. The van der Waals surface area contributed by atoms with Crippen LogP contribution in [0, 0.1) is 0 Å². The molecule has 0 spiro atoms. The molecule has 2 unspecified atom stereocenters. The van der Waals surface area contributed by atoms with Crippen LogP contribution in [-0.2, 0) is 6.54 Å². The maximum atomic E-state index is 4.35. The van der Waals surface area contributed by atoms with Crippen LogP contribution < -0.4 is 0 Å². The van der Waals surface area contributed by atoms with Gasteiger partial charge in [0.05, 0.1) is 11.2 Å². The number of rotatable bonds is 4. The second-order valence-electron chi connectivity index (χ2n) is 4.17. The van der Waals surface area contributed by atoms with Crippen molar-refractivity contribution in [1.29, 1.82) is 0 Å². The highest BCUT2D eigenvalue weighted by atomic mass is 32.2. The predicted octanol–water partition coefficient (Wildman–Crippen LogP) is 2.86. The van der Waals surface area contributed by atoms with E-state index >= 15 is 0 Å². The first-order valence-electron chi connectivity index (χ1n) is 5.41. The van der Waals surface area contributed by atoms with Gasteiger partial charge in [-0.1, -0.05) is 6.42 Å². The van der Waals surface area contributed by atoms with Crippen LogP contribution >= 0.6 is 23.1 Å². The summed E-state index contributed by atoms with van der Waals surface area (Å²) in [6.07, 6.45) is 6.36. The summed E-state index contributed by atoms with van der Waals surface area (Å²) in [5.41, 5.74) is 3.14. The summed E-state index contributed by atoms with van der Waals surface area (Å²) in [6, 6.07) is 0.752. The molecule has 1 saturated carbocycles. The topological polar surface area (TPSA) is 16.1 Å². The van der Waals surface area contributed by atoms with E-state index in [1.165, 1.54) is 25.0 Å². The fraction of sp³-hybridized carbons (Fsp3) is 0.727. The van der Waals surface area contributed by atoms with Crippen molar-refractivity contribution in [3.05, 3.63) is 16.6 Å². The van der Waals surface area contributed by atoms with Crippen molar-refractivity contribution in [3.63, 3.8) is 0 Å². The molecule has 0 aliphatic heterocycles. The van der Waals surface area contributed by atoms with E-state index in [-0.39, 0.29) is 0 Å². The summed E-state index contributed by atoms with van der Waals surface area (Å²) < 4.78 is 0. The Kier molecular flexibility index (Phi) is 4.05. The van der Waals surface area contributed by atoms with Gasteiger partial charge >= 0.3 is 0 Å². The zero-order chi connectivity index (χ0) is 10.7. The van der Waals surface area contributed by atoms with Gasteiger partial charge in [-0.3, -0.25) is 4.90 Å². The van der Waals surface area contributed by atoms with Crippen molar-refractivity contribution in [3.8, 4) is 0 Å². The van der Waals surface area contributed by atoms with Crippen molar-refractivity contribution in [1.82, 2.24) is 9.88 Å². The fourth-order valence-electron chi connectivity index (χ4n) is 2.37. The Bertz CT molecular complexity index is 287. The number of nitrogens with zero attached hydrogens (tertiary/aromatic N) is 2. The molecule has 1 fully saturated rings. The monoisotopic (exact) mass is 242 g/mol. The number of thioether (sulfide) groups is 1. The average molecular weight is 242 g/mol. The van der Waals surface area contributed by atoms with Crippen molar-refractivity contribution >= 4 is 23.1 Å². The summed E-state index contributed by atoms with van der Waals surface area (Å²) in [5.74, 6) is 0. The Morgan fingerprint density at radius 2 is 2.47 bits per heavy atom. The second-order valence-corrected chi connectivity index (χ2v) is 5.96. The molecule has 1 heterocycles. The molecular formula is C11H18N2S2. The molecular weight excluding hydrogens is 224 g/mol. The Balaban J connectivity index is 1.92. The molecule has 4 heteroatoms. The third-order valence-corrected chi connectivity index (χ3v) is 4.97. The largest absolute Gasteiger partial charge is 0.296 e. The molecule has 2 atom stereocenters. The smallest absolute Gasteiger partial charge is 0.0795 e. The second kappa shape index (κ2) is 5.32. The number of hydrogen-bond acceptors (Lipinski definition) is 4. The van der Waals surface area contributed by atoms with Crippen molar-refractivity contribution < 1.29 is 0 Å². The maximum Gasteiger partial charge on any atom is 0.0795 e. The van der Waals surface area contributed by atoms with E-state index in [4.69, 9.17) is 0 Å². The maximum absolute atomic E-state index is 4.35. The van der Waals surface area contributed by atoms with Gasteiger partial charge in [-0.05, 0) is 26.1 Å². The fourth-order valence-corrected chi connectivity index (χ4v) is 3.98. The third-order valence-electron chi connectivity index (χ3n) is 3.18. The van der Waals surface area contributed by atoms with Crippen molar-refractivity contribution in [2.45, 2.75) is 37.1 Å². The molecule has 1 aliphatic rings. The summed E-state index contributed by atoms with van der Waals surface area (Å²) in [5, 5.41) is 2.98. The zero-order valence-electron chi connectivity index (χ0n) is 9.35. The third kappa shape index (κ3) is 2.74. The van der Waals surface area contributed by atoms with Gasteiger partial charge in [-0.15, -0.1) is 11.3 Å². The Labute approximate surface area is 100 Å². The molecule has 0 N–H and O–H groups in total. The van der Waals surface area contributed by atoms with Crippen LogP contribution in [0.1, 0.15) is 25.0 Å². The molecule has 1 aliphatic carbocycles. The molecule has 2 nitrogen and oxygen atoms in total. The van der Waals surface area contributed by atoms with Crippen molar-refractivity contribution in [2.24, 2.45) is 0 Å². The van der Waals surface area contributed by atoms with E-state index in [2.05, 4.69) is 28.6 Å². The highest BCUT2D eigenvalue weighted by molar-refractivity contribution is 7.99. The molecule has 84 valence electrons. The van der Waals surface area contributed by atoms with Crippen LogP contribution in [0.15, 0.2) is 10.9 Å². The molecule has 0 aromatic carbocycles. The number of thiazole rings is 1. The molecule has 0 amide bonds. The van der Waals surface area contributed by atoms with Gasteiger partial charge in [0.15, 0.2) is 0 Å². The van der Waals surface area contributed by atoms with E-state index in [9.17, 15) is 0 Å². The number of aromatic nitrogens is 1. The van der Waals surface area contributed by atoms with Gasteiger partial charge in [0.2, 0.25) is 0 Å². The Morgan fingerprint density at radius 3 is 3.13 bits per heavy atom. The van der Waals surface area contributed by atoms with E-state index in [0.717, 1.165) is 17.8 Å². The lowest BCUT2D eigenvalue weighted by molar-refractivity contribution is 0.239. The first-order valence-corrected chi connectivity index (χ1v) is 7.64. The van der Waals surface area contributed by atoms with Crippen molar-refractivity contribution in [2.75, 3.05) is 13.3 Å². The minimum atomic E-state index is 0.752. The lowest BCUT2D eigenvalue weighted by Gasteiger charge is -2.28. The van der Waals surface area contributed by atoms with E-state index in [1.54, 1.807) is 11.3 Å². The first kappa shape index (κ1) is 11.4.